The van der Waals surface area contributed by atoms with E-state index < -0.39 is 17.8 Å². The van der Waals surface area contributed by atoms with Crippen LogP contribution in [-0.4, -0.2) is 28.9 Å². The predicted molar refractivity (Wildman–Crippen MR) is 63.8 cm³/mol. The lowest BCUT2D eigenvalue weighted by Gasteiger charge is -2.09. The zero-order chi connectivity index (χ0) is 13.5. The molecule has 6 heteroatoms. The third-order valence-corrected chi connectivity index (χ3v) is 2.54. The first-order valence-electron chi connectivity index (χ1n) is 5.95. The lowest BCUT2D eigenvalue weighted by Crippen LogP contribution is -2.30. The first kappa shape index (κ1) is 14.4. The SMILES string of the molecule is CC(=O)ON1C(=O)CCC1=O.NC1CC=CCC1. The fraction of sp³-hybridized carbons (Fsp3) is 0.583. The van der Waals surface area contributed by atoms with Gasteiger partial charge in [0.05, 0.1) is 0 Å². The van der Waals surface area contributed by atoms with E-state index in [4.69, 9.17) is 5.73 Å². The van der Waals surface area contributed by atoms with Gasteiger partial charge in [-0.05, 0) is 19.3 Å². The summed E-state index contributed by atoms with van der Waals surface area (Å²) < 4.78 is 0. The predicted octanol–water partition coefficient (Wildman–Crippen LogP) is 0.667. The first-order valence-corrected chi connectivity index (χ1v) is 5.95. The minimum atomic E-state index is -0.659. The molecule has 1 heterocycles. The van der Waals surface area contributed by atoms with Gasteiger partial charge in [0.1, 0.15) is 0 Å². The smallest absolute Gasteiger partial charge is 0.330 e. The molecular weight excluding hydrogens is 236 g/mol. The lowest BCUT2D eigenvalue weighted by molar-refractivity contribution is -0.195. The van der Waals surface area contributed by atoms with E-state index in [9.17, 15) is 14.4 Å². The van der Waals surface area contributed by atoms with Crippen molar-refractivity contribution in [3.63, 3.8) is 0 Å². The van der Waals surface area contributed by atoms with Gasteiger partial charge in [0, 0.05) is 25.8 Å². The number of carbonyl (C=O) groups excluding carboxylic acids is 3. The molecule has 0 radical (unpaired) electrons. The summed E-state index contributed by atoms with van der Waals surface area (Å²) in [6.45, 7) is 1.14. The van der Waals surface area contributed by atoms with Crippen molar-refractivity contribution in [1.29, 1.82) is 0 Å². The van der Waals surface area contributed by atoms with E-state index in [-0.39, 0.29) is 12.8 Å². The zero-order valence-electron chi connectivity index (χ0n) is 10.4. The number of allylic oxidation sites excluding steroid dienone is 1. The number of hydroxylamine groups is 2. The van der Waals surface area contributed by atoms with Gasteiger partial charge in [0.2, 0.25) is 0 Å². The van der Waals surface area contributed by atoms with Gasteiger partial charge in [-0.25, -0.2) is 4.79 Å². The van der Waals surface area contributed by atoms with Crippen molar-refractivity contribution >= 4 is 17.8 Å². The second kappa shape index (κ2) is 6.90. The van der Waals surface area contributed by atoms with E-state index in [1.165, 1.54) is 12.8 Å². The van der Waals surface area contributed by atoms with Gasteiger partial charge >= 0.3 is 5.97 Å². The molecule has 0 aromatic rings. The van der Waals surface area contributed by atoms with Crippen molar-refractivity contribution in [1.82, 2.24) is 5.06 Å². The number of rotatable bonds is 1. The number of nitrogens with zero attached hydrogens (tertiary/aromatic N) is 1. The monoisotopic (exact) mass is 254 g/mol. The average molecular weight is 254 g/mol. The molecule has 18 heavy (non-hydrogen) atoms. The summed E-state index contributed by atoms with van der Waals surface area (Å²) in [5.74, 6) is -1.57. The van der Waals surface area contributed by atoms with Crippen molar-refractivity contribution in [2.45, 2.75) is 45.1 Å². The third-order valence-electron chi connectivity index (χ3n) is 2.54. The minimum absolute atomic E-state index is 0.131. The Morgan fingerprint density at radius 3 is 2.28 bits per heavy atom. The molecule has 0 bridgehead atoms. The summed E-state index contributed by atoms with van der Waals surface area (Å²) in [4.78, 5) is 36.1. The molecular formula is C12H18N2O4. The van der Waals surface area contributed by atoms with Crippen molar-refractivity contribution in [2.24, 2.45) is 5.73 Å². The van der Waals surface area contributed by atoms with Crippen LogP contribution in [0.1, 0.15) is 39.0 Å². The quantitative estimate of drug-likeness (QED) is 0.548. The zero-order valence-corrected chi connectivity index (χ0v) is 10.4. The van der Waals surface area contributed by atoms with Crippen molar-refractivity contribution in [3.8, 4) is 0 Å². The molecule has 2 N–H and O–H groups in total. The highest BCUT2D eigenvalue weighted by molar-refractivity contribution is 6.01. The van der Waals surface area contributed by atoms with Crippen LogP contribution in [0.3, 0.4) is 0 Å². The Balaban J connectivity index is 0.000000199. The maximum Gasteiger partial charge on any atom is 0.330 e. The molecule has 100 valence electrons. The highest BCUT2D eigenvalue weighted by Crippen LogP contribution is 2.11. The van der Waals surface area contributed by atoms with Crippen LogP contribution in [0.2, 0.25) is 0 Å². The Hall–Kier alpha value is -1.69. The number of hydrogen-bond acceptors (Lipinski definition) is 5. The van der Waals surface area contributed by atoms with E-state index in [0.717, 1.165) is 13.3 Å². The summed E-state index contributed by atoms with van der Waals surface area (Å²) in [6.07, 6.45) is 8.06. The number of imide groups is 1. The fourth-order valence-corrected chi connectivity index (χ4v) is 1.60. The Labute approximate surface area is 106 Å². The molecule has 2 rings (SSSR count). The van der Waals surface area contributed by atoms with Crippen LogP contribution in [0.15, 0.2) is 12.2 Å². The number of nitrogens with two attached hydrogens (primary N) is 1. The first-order chi connectivity index (χ1) is 8.50. The molecule has 2 aliphatic rings. The van der Waals surface area contributed by atoms with Crippen LogP contribution >= 0.6 is 0 Å². The summed E-state index contributed by atoms with van der Waals surface area (Å²) in [7, 11) is 0. The lowest BCUT2D eigenvalue weighted by atomic mass is 10.0. The van der Waals surface area contributed by atoms with E-state index in [1.807, 2.05) is 0 Å². The van der Waals surface area contributed by atoms with Crippen LogP contribution in [0.5, 0.6) is 0 Å². The second-order valence-corrected chi connectivity index (χ2v) is 4.21. The van der Waals surface area contributed by atoms with Gasteiger partial charge in [-0.1, -0.05) is 12.2 Å². The fourth-order valence-electron chi connectivity index (χ4n) is 1.60. The second-order valence-electron chi connectivity index (χ2n) is 4.21. The molecule has 0 saturated carbocycles. The van der Waals surface area contributed by atoms with Crippen LogP contribution < -0.4 is 5.73 Å². The van der Waals surface area contributed by atoms with Crippen molar-refractivity contribution in [2.75, 3.05) is 0 Å². The van der Waals surface area contributed by atoms with Gasteiger partial charge in [0.25, 0.3) is 11.8 Å². The maximum atomic E-state index is 10.7. The molecule has 6 nitrogen and oxygen atoms in total. The van der Waals surface area contributed by atoms with E-state index >= 15 is 0 Å². The Kier molecular flexibility index (Phi) is 5.51. The van der Waals surface area contributed by atoms with Gasteiger partial charge in [-0.15, -0.1) is 5.06 Å². The summed E-state index contributed by atoms with van der Waals surface area (Å²) >= 11 is 0. The number of hydrogen-bond donors (Lipinski definition) is 1. The molecule has 1 aliphatic heterocycles. The van der Waals surface area contributed by atoms with Crippen molar-refractivity contribution < 1.29 is 19.2 Å². The number of amides is 2. The highest BCUT2D eigenvalue weighted by Gasteiger charge is 2.31. The molecule has 1 unspecified atom stereocenters. The summed E-state index contributed by atoms with van der Waals surface area (Å²) in [6, 6.07) is 0.449. The maximum absolute atomic E-state index is 10.7. The van der Waals surface area contributed by atoms with E-state index in [2.05, 4.69) is 17.0 Å². The summed E-state index contributed by atoms with van der Waals surface area (Å²) in [5, 5.41) is 0.516. The van der Waals surface area contributed by atoms with Gasteiger partial charge in [0.15, 0.2) is 0 Å². The molecule has 0 aromatic heterocycles. The molecule has 0 spiro atoms. The van der Waals surface area contributed by atoms with Crippen molar-refractivity contribution in [3.05, 3.63) is 12.2 Å². The Bertz CT molecular complexity index is 349. The average Bonchev–Trinajstić information content (AvgIpc) is 2.62. The number of carbonyl (C=O) groups is 3. The van der Waals surface area contributed by atoms with Crippen LogP contribution in [0.25, 0.3) is 0 Å². The standard InChI is InChI=1S/C6H7NO4.C6H11N/c1-4(8)11-7-5(9)2-3-6(7)10;7-6-4-2-1-3-5-6/h2-3H2,1H3;1-2,6H,3-5,7H2. The molecule has 1 atom stereocenters. The molecule has 0 aromatic carbocycles. The van der Waals surface area contributed by atoms with E-state index in [0.29, 0.717) is 11.1 Å². The minimum Gasteiger partial charge on any atom is -0.331 e. The Morgan fingerprint density at radius 1 is 1.33 bits per heavy atom. The molecule has 2 amide bonds. The van der Waals surface area contributed by atoms with Gasteiger partial charge < -0.3 is 10.6 Å². The molecule has 1 saturated heterocycles. The molecule has 1 fully saturated rings. The van der Waals surface area contributed by atoms with Gasteiger partial charge in [-0.2, -0.15) is 0 Å². The topological polar surface area (TPSA) is 89.7 Å². The summed E-state index contributed by atoms with van der Waals surface area (Å²) in [5.41, 5.74) is 5.58. The van der Waals surface area contributed by atoms with Gasteiger partial charge in [-0.3, -0.25) is 9.59 Å². The van der Waals surface area contributed by atoms with Crippen LogP contribution in [0.4, 0.5) is 0 Å². The van der Waals surface area contributed by atoms with Crippen LogP contribution in [-0.2, 0) is 19.2 Å². The molecule has 1 aliphatic carbocycles. The highest BCUT2D eigenvalue weighted by atomic mass is 16.7. The Morgan fingerprint density at radius 2 is 1.94 bits per heavy atom. The largest absolute Gasteiger partial charge is 0.331 e. The normalized spacial score (nSPS) is 22.6. The third kappa shape index (κ3) is 4.67. The van der Waals surface area contributed by atoms with E-state index in [1.54, 1.807) is 0 Å². The van der Waals surface area contributed by atoms with Crippen LogP contribution in [0, 0.1) is 0 Å².